The van der Waals surface area contributed by atoms with Gasteiger partial charge < -0.3 is 20.9 Å². The number of nitrogens with zero attached hydrogens (tertiary/aromatic N) is 1. The summed E-state index contributed by atoms with van der Waals surface area (Å²) in [6, 6.07) is 3.25. The summed E-state index contributed by atoms with van der Waals surface area (Å²) in [6.07, 6.45) is 1.14. The molecule has 5 N–H and O–H groups in total. The minimum atomic E-state index is -3.13. The molecule has 1 aromatic carbocycles. The molecule has 0 aliphatic rings. The first-order valence-corrected chi connectivity index (χ1v) is 5.09. The second kappa shape index (κ2) is 7.16. The van der Waals surface area contributed by atoms with E-state index >= 15 is 0 Å². The SMILES string of the molecule is NC(N)=N/[NH+]=C\c1ccc(OC(F)F)cc1OC(F)F. The first kappa shape index (κ1) is 15.5. The number of hydrazone groups is 1. The van der Waals surface area contributed by atoms with Gasteiger partial charge in [0, 0.05) is 11.2 Å². The third-order valence-corrected chi connectivity index (χ3v) is 1.84. The van der Waals surface area contributed by atoms with Gasteiger partial charge in [-0.25, -0.2) is 0 Å². The third kappa shape index (κ3) is 5.42. The van der Waals surface area contributed by atoms with Crippen molar-refractivity contribution in [1.82, 2.24) is 0 Å². The maximum absolute atomic E-state index is 12.2. The van der Waals surface area contributed by atoms with E-state index in [1.165, 1.54) is 6.07 Å². The molecule has 6 nitrogen and oxygen atoms in total. The highest BCUT2D eigenvalue weighted by Gasteiger charge is 2.13. The average Bonchev–Trinajstić information content (AvgIpc) is 2.29. The van der Waals surface area contributed by atoms with Crippen LogP contribution >= 0.6 is 0 Å². The van der Waals surface area contributed by atoms with Crippen LogP contribution in [0.4, 0.5) is 17.6 Å². The number of halogens is 4. The number of hydrogen-bond acceptors (Lipinski definition) is 3. The summed E-state index contributed by atoms with van der Waals surface area (Å²) in [5, 5.41) is 5.66. The van der Waals surface area contributed by atoms with E-state index in [1.807, 2.05) is 0 Å². The number of benzene rings is 1. The number of hydrogen-bond donors (Lipinski definition) is 3. The molecule has 0 amide bonds. The minimum Gasteiger partial charge on any atom is -0.435 e. The van der Waals surface area contributed by atoms with Crippen LogP contribution in [-0.4, -0.2) is 25.4 Å². The molecule has 0 radical (unpaired) electrons. The average molecular weight is 295 g/mol. The minimum absolute atomic E-state index is 0.108. The Hall–Kier alpha value is -2.52. The summed E-state index contributed by atoms with van der Waals surface area (Å²) in [7, 11) is 0. The van der Waals surface area contributed by atoms with Gasteiger partial charge in [0.2, 0.25) is 6.21 Å². The molecule has 20 heavy (non-hydrogen) atoms. The van der Waals surface area contributed by atoms with Gasteiger partial charge in [0.25, 0.3) is 5.96 Å². The van der Waals surface area contributed by atoms with Crippen molar-refractivity contribution in [3.05, 3.63) is 23.8 Å². The standard InChI is InChI=1S/C10H10F4N4O2/c11-8(12)19-6-2-1-5(4-17-18-10(15)16)7(3-6)20-9(13)14/h1-4,8-9H,(H4,15,16,18)/p+1/b17-4-. The Balaban J connectivity index is 3.03. The van der Waals surface area contributed by atoms with Crippen LogP contribution in [0.5, 0.6) is 11.5 Å². The van der Waals surface area contributed by atoms with E-state index < -0.39 is 13.2 Å². The van der Waals surface area contributed by atoms with Crippen LogP contribution in [0.2, 0.25) is 0 Å². The number of alkyl halides is 4. The topological polar surface area (TPSA) is 96.8 Å². The first-order chi connectivity index (χ1) is 9.38. The van der Waals surface area contributed by atoms with Crippen molar-refractivity contribution in [3.63, 3.8) is 0 Å². The zero-order valence-corrected chi connectivity index (χ0v) is 9.89. The highest BCUT2D eigenvalue weighted by Crippen LogP contribution is 2.26. The predicted octanol–water partition coefficient (Wildman–Crippen LogP) is -0.423. The fraction of sp³-hybridized carbons (Fsp3) is 0.200. The number of ether oxygens (including phenoxy) is 2. The number of nitrogens with two attached hydrogens (primary N) is 2. The molecule has 110 valence electrons. The molecule has 0 aliphatic carbocycles. The maximum atomic E-state index is 12.2. The second-order valence-electron chi connectivity index (χ2n) is 3.27. The Morgan fingerprint density at radius 3 is 2.35 bits per heavy atom. The lowest BCUT2D eigenvalue weighted by atomic mass is 10.2. The molecule has 0 saturated heterocycles. The Labute approximate surface area is 110 Å². The second-order valence-corrected chi connectivity index (χ2v) is 3.27. The van der Waals surface area contributed by atoms with Crippen LogP contribution in [-0.2, 0) is 0 Å². The molecule has 0 unspecified atom stereocenters. The van der Waals surface area contributed by atoms with E-state index in [0.29, 0.717) is 0 Å². The molecule has 1 rings (SSSR count). The zero-order chi connectivity index (χ0) is 15.1. The van der Waals surface area contributed by atoms with Crippen molar-refractivity contribution in [2.45, 2.75) is 13.2 Å². The molecular weight excluding hydrogens is 284 g/mol. The van der Waals surface area contributed by atoms with Gasteiger partial charge in [0.05, 0.1) is 5.56 Å². The lowest BCUT2D eigenvalue weighted by molar-refractivity contribution is -0.456. The first-order valence-electron chi connectivity index (χ1n) is 5.09. The van der Waals surface area contributed by atoms with Gasteiger partial charge in [-0.3, -0.25) is 0 Å². The summed E-state index contributed by atoms with van der Waals surface area (Å²) >= 11 is 0. The Morgan fingerprint density at radius 2 is 1.80 bits per heavy atom. The highest BCUT2D eigenvalue weighted by atomic mass is 19.3. The monoisotopic (exact) mass is 295 g/mol. The van der Waals surface area contributed by atoms with Gasteiger partial charge in [-0.05, 0) is 12.1 Å². The lowest BCUT2D eigenvalue weighted by Gasteiger charge is -2.09. The third-order valence-electron chi connectivity index (χ3n) is 1.84. The van der Waals surface area contributed by atoms with E-state index in [0.717, 1.165) is 18.3 Å². The van der Waals surface area contributed by atoms with E-state index in [-0.39, 0.29) is 23.0 Å². The highest BCUT2D eigenvalue weighted by molar-refractivity contribution is 5.80. The smallest absolute Gasteiger partial charge is 0.387 e. The van der Waals surface area contributed by atoms with Crippen LogP contribution in [0.15, 0.2) is 23.3 Å². The molecule has 0 fully saturated rings. The zero-order valence-electron chi connectivity index (χ0n) is 9.89. The quantitative estimate of drug-likeness (QED) is 0.287. The van der Waals surface area contributed by atoms with Crippen LogP contribution in [0, 0.1) is 0 Å². The molecule has 0 atom stereocenters. The van der Waals surface area contributed by atoms with Crippen LogP contribution in [0.3, 0.4) is 0 Å². The Kier molecular flexibility index (Phi) is 5.56. The largest absolute Gasteiger partial charge is 0.435 e. The lowest BCUT2D eigenvalue weighted by Crippen LogP contribution is -2.63. The van der Waals surface area contributed by atoms with Crippen molar-refractivity contribution in [2.75, 3.05) is 0 Å². The Bertz CT molecular complexity index is 504. The molecule has 0 heterocycles. The molecule has 0 aliphatic heterocycles. The van der Waals surface area contributed by atoms with E-state index in [1.54, 1.807) is 0 Å². The fourth-order valence-electron chi connectivity index (χ4n) is 1.18. The van der Waals surface area contributed by atoms with E-state index in [4.69, 9.17) is 11.5 Å². The summed E-state index contributed by atoms with van der Waals surface area (Å²) in [5.74, 6) is -0.985. The summed E-state index contributed by atoms with van der Waals surface area (Å²) < 4.78 is 56.8. The molecule has 0 bridgehead atoms. The normalized spacial score (nSPS) is 11.1. The molecule has 0 spiro atoms. The van der Waals surface area contributed by atoms with Gasteiger partial charge in [-0.15, -0.1) is 5.10 Å². The van der Waals surface area contributed by atoms with Crippen LogP contribution in [0.25, 0.3) is 0 Å². The summed E-state index contributed by atoms with van der Waals surface area (Å²) in [4.78, 5) is 0. The van der Waals surface area contributed by atoms with Crippen molar-refractivity contribution in [2.24, 2.45) is 16.6 Å². The van der Waals surface area contributed by atoms with Crippen LogP contribution in [0.1, 0.15) is 5.56 Å². The van der Waals surface area contributed by atoms with Crippen LogP contribution < -0.4 is 26.0 Å². The van der Waals surface area contributed by atoms with E-state index in [2.05, 4.69) is 19.7 Å². The Morgan fingerprint density at radius 1 is 1.15 bits per heavy atom. The number of nitrogens with one attached hydrogen (secondary N) is 1. The number of guanidine groups is 1. The summed E-state index contributed by atoms with van der Waals surface area (Å²) in [6.45, 7) is -6.21. The fourth-order valence-corrected chi connectivity index (χ4v) is 1.18. The van der Waals surface area contributed by atoms with E-state index in [9.17, 15) is 17.6 Å². The van der Waals surface area contributed by atoms with Crippen molar-refractivity contribution < 1.29 is 32.1 Å². The van der Waals surface area contributed by atoms with Gasteiger partial charge in [-0.2, -0.15) is 17.6 Å². The molecule has 0 aromatic heterocycles. The maximum Gasteiger partial charge on any atom is 0.387 e. The van der Waals surface area contributed by atoms with Gasteiger partial charge in [0.1, 0.15) is 11.5 Å². The summed E-state index contributed by atoms with van der Waals surface area (Å²) in [5.41, 5.74) is 10.2. The van der Waals surface area contributed by atoms with Gasteiger partial charge in [0.15, 0.2) is 0 Å². The molecule has 10 heteroatoms. The van der Waals surface area contributed by atoms with Crippen molar-refractivity contribution >= 4 is 12.2 Å². The predicted molar refractivity (Wildman–Crippen MR) is 61.6 cm³/mol. The molecular formula is C10H11F4N4O2+. The van der Waals surface area contributed by atoms with Crippen molar-refractivity contribution in [1.29, 1.82) is 0 Å². The van der Waals surface area contributed by atoms with Gasteiger partial charge >= 0.3 is 13.2 Å². The number of rotatable bonds is 6. The molecule has 0 saturated carbocycles. The molecule has 1 aromatic rings. The van der Waals surface area contributed by atoms with Gasteiger partial charge in [-0.1, -0.05) is 0 Å². The van der Waals surface area contributed by atoms with Crippen molar-refractivity contribution in [3.8, 4) is 11.5 Å².